The summed E-state index contributed by atoms with van der Waals surface area (Å²) in [6.45, 7) is 12.5. The molecular weight excluding hydrogens is 376 g/mol. The van der Waals surface area contributed by atoms with Crippen LogP contribution in [0.4, 0.5) is 11.4 Å². The van der Waals surface area contributed by atoms with Gasteiger partial charge in [0.2, 0.25) is 0 Å². The molecule has 0 aliphatic rings. The molecule has 0 unspecified atom stereocenters. The van der Waals surface area contributed by atoms with E-state index in [1.165, 1.54) is 0 Å². The first-order valence-electron chi connectivity index (χ1n) is 10.7. The van der Waals surface area contributed by atoms with Crippen molar-refractivity contribution in [2.45, 2.75) is 46.5 Å². The number of benzene rings is 2. The minimum Gasteiger partial charge on any atom is -0.462 e. The lowest BCUT2D eigenvalue weighted by Crippen LogP contribution is -2.21. The summed E-state index contributed by atoms with van der Waals surface area (Å²) in [5.74, 6) is -0.372. The van der Waals surface area contributed by atoms with Gasteiger partial charge in [-0.2, -0.15) is 0 Å². The van der Waals surface area contributed by atoms with E-state index in [-0.39, 0.29) is 5.97 Å². The largest absolute Gasteiger partial charge is 0.462 e. The van der Waals surface area contributed by atoms with Crippen molar-refractivity contribution in [3.05, 3.63) is 70.6 Å². The third-order valence-electron chi connectivity index (χ3n) is 5.24. The molecule has 0 fully saturated rings. The maximum Gasteiger partial charge on any atom is 0.338 e. The van der Waals surface area contributed by atoms with Crippen molar-refractivity contribution >= 4 is 22.9 Å². The molecule has 30 heavy (non-hydrogen) atoms. The van der Waals surface area contributed by atoms with Crippen molar-refractivity contribution in [2.24, 2.45) is 5.18 Å². The molecule has 0 radical (unpaired) electrons. The molecule has 2 aromatic carbocycles. The molecule has 0 aliphatic heterocycles. The fourth-order valence-electron chi connectivity index (χ4n) is 3.48. The summed E-state index contributed by atoms with van der Waals surface area (Å²) in [7, 11) is 0. The zero-order valence-electron chi connectivity index (χ0n) is 18.3. The molecule has 5 nitrogen and oxygen atoms in total. The monoisotopic (exact) mass is 408 g/mol. The van der Waals surface area contributed by atoms with Crippen molar-refractivity contribution in [1.29, 1.82) is 0 Å². The van der Waals surface area contributed by atoms with Crippen LogP contribution in [0.15, 0.2) is 54.2 Å². The van der Waals surface area contributed by atoms with Crippen LogP contribution in [0.25, 0.3) is 5.57 Å². The minimum atomic E-state index is -0.372. The highest BCUT2D eigenvalue weighted by Gasteiger charge is 2.18. The van der Waals surface area contributed by atoms with Crippen LogP contribution in [0.5, 0.6) is 0 Å². The van der Waals surface area contributed by atoms with E-state index in [2.05, 4.69) is 37.4 Å². The van der Waals surface area contributed by atoms with Gasteiger partial charge in [-0.15, -0.1) is 4.91 Å². The van der Waals surface area contributed by atoms with Crippen molar-refractivity contribution in [1.82, 2.24) is 0 Å². The van der Waals surface area contributed by atoms with Gasteiger partial charge in [0.25, 0.3) is 0 Å². The first kappa shape index (κ1) is 23.3. The number of nitroso groups, excluding NO2 is 1. The van der Waals surface area contributed by atoms with Crippen LogP contribution in [0.2, 0.25) is 0 Å². The van der Waals surface area contributed by atoms with Crippen LogP contribution in [-0.2, 0) is 4.74 Å². The second-order valence-electron chi connectivity index (χ2n) is 7.19. The number of hydrogen-bond donors (Lipinski definition) is 0. The topological polar surface area (TPSA) is 59.0 Å². The molecule has 0 atom stereocenters. The SMILES string of the molecule is C=C(c1ccc(N(CC)CC)cc1N=O)c1ccccc1C(=O)OCCCCCC. The Bertz CT molecular complexity index is 872. The van der Waals surface area contributed by atoms with E-state index in [9.17, 15) is 9.70 Å². The Morgan fingerprint density at radius 1 is 0.967 bits per heavy atom. The van der Waals surface area contributed by atoms with Gasteiger partial charge in [0.15, 0.2) is 0 Å². The first-order valence-corrected chi connectivity index (χ1v) is 10.7. The number of nitrogens with zero attached hydrogens (tertiary/aromatic N) is 2. The van der Waals surface area contributed by atoms with Gasteiger partial charge < -0.3 is 9.64 Å². The second-order valence-corrected chi connectivity index (χ2v) is 7.19. The maximum absolute atomic E-state index is 12.7. The average Bonchev–Trinajstić information content (AvgIpc) is 2.79. The molecule has 0 aromatic heterocycles. The van der Waals surface area contributed by atoms with Gasteiger partial charge in [-0.1, -0.05) is 57.0 Å². The summed E-state index contributed by atoms with van der Waals surface area (Å²) in [5, 5.41) is 3.23. The lowest BCUT2D eigenvalue weighted by atomic mass is 9.94. The molecule has 0 N–H and O–H groups in total. The lowest BCUT2D eigenvalue weighted by Gasteiger charge is -2.22. The summed E-state index contributed by atoms with van der Waals surface area (Å²) in [6.07, 6.45) is 4.17. The molecule has 2 rings (SSSR count). The van der Waals surface area contributed by atoms with E-state index in [1.54, 1.807) is 18.2 Å². The lowest BCUT2D eigenvalue weighted by molar-refractivity contribution is 0.0497. The highest BCUT2D eigenvalue weighted by molar-refractivity contribution is 5.98. The van der Waals surface area contributed by atoms with Gasteiger partial charge in [0.1, 0.15) is 5.69 Å². The number of anilines is 1. The molecule has 5 heteroatoms. The number of rotatable bonds is 12. The van der Waals surface area contributed by atoms with Gasteiger partial charge in [0.05, 0.1) is 12.2 Å². The van der Waals surface area contributed by atoms with Crippen LogP contribution in [0, 0.1) is 4.91 Å². The standard InChI is InChI=1S/C25H32N2O3/c1-5-8-9-12-17-30-25(28)23-14-11-10-13-21(23)19(4)22-16-15-20(18-24(22)26-29)27(6-2)7-3/h10-11,13-16,18H,4-9,12,17H2,1-3H3. The Morgan fingerprint density at radius 2 is 1.67 bits per heavy atom. The number of carbonyl (C=O) groups is 1. The van der Waals surface area contributed by atoms with Crippen LogP contribution in [0.3, 0.4) is 0 Å². The number of esters is 1. The molecule has 0 saturated heterocycles. The second kappa shape index (κ2) is 11.9. The Balaban J connectivity index is 2.27. The van der Waals surface area contributed by atoms with Gasteiger partial charge in [0, 0.05) is 24.3 Å². The van der Waals surface area contributed by atoms with Crippen LogP contribution < -0.4 is 4.90 Å². The van der Waals surface area contributed by atoms with E-state index in [1.807, 2.05) is 24.3 Å². The van der Waals surface area contributed by atoms with E-state index in [0.29, 0.717) is 34.6 Å². The van der Waals surface area contributed by atoms with Crippen LogP contribution in [-0.4, -0.2) is 25.7 Å². The normalized spacial score (nSPS) is 10.5. The smallest absolute Gasteiger partial charge is 0.338 e. The third-order valence-corrected chi connectivity index (χ3v) is 5.24. The van der Waals surface area contributed by atoms with Gasteiger partial charge in [-0.3, -0.25) is 0 Å². The number of carbonyl (C=O) groups excluding carboxylic acids is 1. The van der Waals surface area contributed by atoms with E-state index >= 15 is 0 Å². The van der Waals surface area contributed by atoms with Crippen molar-refractivity contribution in [3.63, 3.8) is 0 Å². The molecule has 0 saturated carbocycles. The van der Waals surface area contributed by atoms with Crippen molar-refractivity contribution in [3.8, 4) is 0 Å². The summed E-state index contributed by atoms with van der Waals surface area (Å²) in [4.78, 5) is 26.4. The summed E-state index contributed by atoms with van der Waals surface area (Å²) in [6, 6.07) is 12.8. The number of hydrogen-bond acceptors (Lipinski definition) is 5. The Labute approximate surface area is 179 Å². The maximum atomic E-state index is 12.7. The number of unbranched alkanes of at least 4 members (excludes halogenated alkanes) is 3. The molecule has 0 heterocycles. The predicted molar refractivity (Wildman–Crippen MR) is 124 cm³/mol. The van der Waals surface area contributed by atoms with E-state index in [0.717, 1.165) is 44.5 Å². The fraction of sp³-hybridized carbons (Fsp3) is 0.400. The molecule has 0 amide bonds. The zero-order valence-corrected chi connectivity index (χ0v) is 18.3. The summed E-state index contributed by atoms with van der Waals surface area (Å²) < 4.78 is 5.47. The first-order chi connectivity index (χ1) is 14.6. The Morgan fingerprint density at radius 3 is 2.30 bits per heavy atom. The van der Waals surface area contributed by atoms with Crippen molar-refractivity contribution in [2.75, 3.05) is 24.6 Å². The van der Waals surface area contributed by atoms with Gasteiger partial charge >= 0.3 is 5.97 Å². The van der Waals surface area contributed by atoms with E-state index < -0.39 is 0 Å². The number of ether oxygens (including phenoxy) is 1. The highest BCUT2D eigenvalue weighted by Crippen LogP contribution is 2.34. The quantitative estimate of drug-likeness (QED) is 0.222. The third kappa shape index (κ3) is 5.78. The van der Waals surface area contributed by atoms with Crippen LogP contribution in [0.1, 0.15) is 67.9 Å². The highest BCUT2D eigenvalue weighted by atomic mass is 16.5. The van der Waals surface area contributed by atoms with Gasteiger partial charge in [-0.05, 0) is 54.8 Å². The molecule has 0 aliphatic carbocycles. The molecular formula is C25H32N2O3. The summed E-state index contributed by atoms with van der Waals surface area (Å²) >= 11 is 0. The summed E-state index contributed by atoms with van der Waals surface area (Å²) in [5.41, 5.74) is 3.54. The molecule has 2 aromatic rings. The minimum absolute atomic E-state index is 0.312. The zero-order chi connectivity index (χ0) is 21.9. The van der Waals surface area contributed by atoms with Crippen molar-refractivity contribution < 1.29 is 9.53 Å². The van der Waals surface area contributed by atoms with Crippen LogP contribution >= 0.6 is 0 Å². The molecule has 0 bridgehead atoms. The Hall–Kier alpha value is -2.95. The predicted octanol–water partition coefficient (Wildman–Crippen LogP) is 6.73. The van der Waals surface area contributed by atoms with Gasteiger partial charge in [-0.25, -0.2) is 4.79 Å². The average molecular weight is 409 g/mol. The molecule has 0 spiro atoms. The molecule has 160 valence electrons. The van der Waals surface area contributed by atoms with E-state index in [4.69, 9.17) is 4.74 Å². The Kier molecular flexibility index (Phi) is 9.26. The fourth-order valence-corrected chi connectivity index (χ4v) is 3.48.